The first kappa shape index (κ1) is 17.6. The fraction of sp³-hybridized carbons (Fsp3) is 0.933. The van der Waals surface area contributed by atoms with Crippen molar-refractivity contribution in [3.8, 4) is 0 Å². The van der Waals surface area contributed by atoms with Gasteiger partial charge >= 0.3 is 0 Å². The van der Waals surface area contributed by atoms with Crippen LogP contribution in [0.25, 0.3) is 0 Å². The summed E-state index contributed by atoms with van der Waals surface area (Å²) in [6.45, 7) is 7.22. The Morgan fingerprint density at radius 2 is 1.89 bits per heavy atom. The van der Waals surface area contributed by atoms with E-state index < -0.39 is 0 Å². The Labute approximate surface area is 113 Å². The van der Waals surface area contributed by atoms with E-state index in [-0.39, 0.29) is 12.1 Å². The second-order valence-corrected chi connectivity index (χ2v) is 5.26. The molecule has 0 saturated heterocycles. The molecule has 18 heavy (non-hydrogen) atoms. The molecule has 0 unspecified atom stereocenters. The molecule has 0 spiro atoms. The van der Waals surface area contributed by atoms with Crippen LogP contribution in [0.1, 0.15) is 59.3 Å². The molecule has 3 heteroatoms. The highest BCUT2D eigenvalue weighted by molar-refractivity contribution is 5.49. The predicted octanol–water partition coefficient (Wildman–Crippen LogP) is 2.86. The Hall–Kier alpha value is -0.410. The van der Waals surface area contributed by atoms with Crippen molar-refractivity contribution < 1.29 is 9.90 Å². The van der Waals surface area contributed by atoms with Gasteiger partial charge in [-0.15, -0.1) is 0 Å². The summed E-state index contributed by atoms with van der Waals surface area (Å²) in [7, 11) is 2.08. The topological polar surface area (TPSA) is 40.5 Å². The van der Waals surface area contributed by atoms with Gasteiger partial charge in [-0.3, -0.25) is 4.90 Å². The zero-order chi connectivity index (χ0) is 14.0. The monoisotopic (exact) mass is 257 g/mol. The van der Waals surface area contributed by atoms with Gasteiger partial charge in [0.15, 0.2) is 0 Å². The number of likely N-dealkylation sites (N-methyl/N-ethyl adjacent to an activating group) is 1. The van der Waals surface area contributed by atoms with Gasteiger partial charge in [0.25, 0.3) is 0 Å². The quantitative estimate of drug-likeness (QED) is 0.744. The molecule has 1 rings (SSSR count). The van der Waals surface area contributed by atoms with Gasteiger partial charge in [-0.25, -0.2) is 0 Å². The number of carbonyl (C=O) groups is 1. The number of rotatable bonds is 6. The van der Waals surface area contributed by atoms with E-state index >= 15 is 0 Å². The van der Waals surface area contributed by atoms with Crippen LogP contribution in [-0.2, 0) is 4.79 Å². The Bertz CT molecular complexity index is 211. The zero-order valence-electron chi connectivity index (χ0n) is 12.6. The van der Waals surface area contributed by atoms with Crippen LogP contribution < -0.4 is 0 Å². The highest BCUT2D eigenvalue weighted by Crippen LogP contribution is 2.38. The maximum absolute atomic E-state index is 10.6. The molecule has 0 aliphatic heterocycles. The lowest BCUT2D eigenvalue weighted by Gasteiger charge is -2.46. The minimum atomic E-state index is 0.163. The van der Waals surface area contributed by atoms with Crippen LogP contribution in [0.2, 0.25) is 0 Å². The molecule has 1 aliphatic carbocycles. The van der Waals surface area contributed by atoms with E-state index in [1.165, 1.54) is 25.7 Å². The maximum Gasteiger partial charge on any atom is 0.120 e. The molecule has 0 bridgehead atoms. The first-order valence-electron chi connectivity index (χ1n) is 7.40. The second kappa shape index (κ2) is 9.51. The summed E-state index contributed by atoms with van der Waals surface area (Å²) in [6.07, 6.45) is 7.43. The highest BCUT2D eigenvalue weighted by atomic mass is 16.3. The Balaban J connectivity index is 0.00000137. The highest BCUT2D eigenvalue weighted by Gasteiger charge is 2.36. The molecule has 0 aromatic heterocycles. The molecular weight excluding hydrogens is 226 g/mol. The van der Waals surface area contributed by atoms with Crippen molar-refractivity contribution in [3.05, 3.63) is 0 Å². The van der Waals surface area contributed by atoms with Crippen molar-refractivity contribution in [2.75, 3.05) is 20.2 Å². The molecule has 0 aromatic carbocycles. The third kappa shape index (κ3) is 5.07. The lowest BCUT2D eigenvalue weighted by Crippen LogP contribution is -2.49. The fourth-order valence-corrected chi connectivity index (χ4v) is 2.84. The molecule has 1 aliphatic rings. The number of aliphatic hydroxyl groups excluding tert-OH is 1. The number of β-amino-alcohol motifs (C(OH)–C–C–N with tert-alkyl or cyclic N) is 1. The number of aliphatic hydroxyl groups is 1. The Morgan fingerprint density at radius 3 is 2.33 bits per heavy atom. The van der Waals surface area contributed by atoms with Crippen molar-refractivity contribution in [1.82, 2.24) is 4.90 Å². The standard InChI is InChI=1S/C13H25NO2.C2H6/c1-12-4-7-13(8-5-12,6-3-10-15)14(2)9-11-16;1-2/h10,12,16H,3-9,11H2,1-2H3;1-2H3. The van der Waals surface area contributed by atoms with Gasteiger partial charge in [-0.05, 0) is 45.1 Å². The normalized spacial score (nSPS) is 27.6. The molecule has 0 amide bonds. The predicted molar refractivity (Wildman–Crippen MR) is 76.7 cm³/mol. The van der Waals surface area contributed by atoms with Crippen LogP contribution >= 0.6 is 0 Å². The third-order valence-electron chi connectivity index (χ3n) is 4.18. The Morgan fingerprint density at radius 1 is 1.33 bits per heavy atom. The lowest BCUT2D eigenvalue weighted by atomic mass is 9.74. The van der Waals surface area contributed by atoms with Crippen LogP contribution in [0.15, 0.2) is 0 Å². The van der Waals surface area contributed by atoms with Gasteiger partial charge in [0.1, 0.15) is 6.29 Å². The molecule has 0 aromatic rings. The van der Waals surface area contributed by atoms with Gasteiger partial charge in [0.05, 0.1) is 6.61 Å². The molecule has 1 fully saturated rings. The average Bonchev–Trinajstić information content (AvgIpc) is 2.41. The van der Waals surface area contributed by atoms with Crippen molar-refractivity contribution in [3.63, 3.8) is 0 Å². The lowest BCUT2D eigenvalue weighted by molar-refractivity contribution is -0.108. The van der Waals surface area contributed by atoms with Gasteiger partial charge in [-0.1, -0.05) is 20.8 Å². The van der Waals surface area contributed by atoms with Crippen molar-refractivity contribution in [2.24, 2.45) is 5.92 Å². The van der Waals surface area contributed by atoms with E-state index in [4.69, 9.17) is 5.11 Å². The molecule has 1 N–H and O–H groups in total. The zero-order valence-corrected chi connectivity index (χ0v) is 12.6. The van der Waals surface area contributed by atoms with Gasteiger partial charge < -0.3 is 9.90 Å². The largest absolute Gasteiger partial charge is 0.395 e. The van der Waals surface area contributed by atoms with Crippen LogP contribution in [0.3, 0.4) is 0 Å². The molecule has 1 saturated carbocycles. The minimum absolute atomic E-state index is 0.163. The maximum atomic E-state index is 10.6. The smallest absolute Gasteiger partial charge is 0.120 e. The van der Waals surface area contributed by atoms with Gasteiger partial charge in [0.2, 0.25) is 0 Å². The van der Waals surface area contributed by atoms with E-state index in [1.54, 1.807) is 0 Å². The summed E-state index contributed by atoms with van der Waals surface area (Å²) < 4.78 is 0. The second-order valence-electron chi connectivity index (χ2n) is 5.26. The van der Waals surface area contributed by atoms with Gasteiger partial charge in [0, 0.05) is 18.5 Å². The fourth-order valence-electron chi connectivity index (χ4n) is 2.84. The van der Waals surface area contributed by atoms with E-state index in [0.717, 1.165) is 18.6 Å². The molecule has 3 nitrogen and oxygen atoms in total. The summed E-state index contributed by atoms with van der Waals surface area (Å²) in [5, 5.41) is 9.05. The average molecular weight is 257 g/mol. The van der Waals surface area contributed by atoms with Crippen molar-refractivity contribution >= 4 is 6.29 Å². The number of aldehydes is 1. The number of hydrogen-bond donors (Lipinski definition) is 1. The summed E-state index contributed by atoms with van der Waals surface area (Å²) in [6, 6.07) is 0. The first-order valence-corrected chi connectivity index (χ1v) is 7.40. The number of nitrogens with zero attached hydrogens (tertiary/aromatic N) is 1. The number of hydrogen-bond acceptors (Lipinski definition) is 3. The summed E-state index contributed by atoms with van der Waals surface area (Å²) in [5.74, 6) is 0.812. The molecule has 0 heterocycles. The van der Waals surface area contributed by atoms with Crippen LogP contribution in [0.5, 0.6) is 0 Å². The molecule has 0 atom stereocenters. The van der Waals surface area contributed by atoms with Crippen LogP contribution in [-0.4, -0.2) is 42.0 Å². The summed E-state index contributed by atoms with van der Waals surface area (Å²) in [5.41, 5.74) is 0.163. The SMILES string of the molecule is CC.CC1CCC(CCC=O)(N(C)CCO)CC1. The summed E-state index contributed by atoms with van der Waals surface area (Å²) in [4.78, 5) is 12.8. The minimum Gasteiger partial charge on any atom is -0.395 e. The van der Waals surface area contributed by atoms with E-state index in [2.05, 4.69) is 18.9 Å². The van der Waals surface area contributed by atoms with Crippen molar-refractivity contribution in [1.29, 1.82) is 0 Å². The summed E-state index contributed by atoms with van der Waals surface area (Å²) >= 11 is 0. The molecule has 108 valence electrons. The van der Waals surface area contributed by atoms with Gasteiger partial charge in [-0.2, -0.15) is 0 Å². The Kier molecular flexibility index (Phi) is 9.29. The molecule has 0 radical (unpaired) electrons. The van der Waals surface area contributed by atoms with Crippen LogP contribution in [0.4, 0.5) is 0 Å². The molecular formula is C15H31NO2. The first-order chi connectivity index (χ1) is 8.64. The van der Waals surface area contributed by atoms with E-state index in [9.17, 15) is 4.79 Å². The number of carbonyl (C=O) groups excluding carboxylic acids is 1. The van der Waals surface area contributed by atoms with E-state index in [0.29, 0.717) is 13.0 Å². The third-order valence-corrected chi connectivity index (χ3v) is 4.18. The van der Waals surface area contributed by atoms with E-state index in [1.807, 2.05) is 13.8 Å². The van der Waals surface area contributed by atoms with Crippen LogP contribution in [0, 0.1) is 5.92 Å². The van der Waals surface area contributed by atoms with Crippen molar-refractivity contribution in [2.45, 2.75) is 64.8 Å².